The van der Waals surface area contributed by atoms with Crippen LogP contribution >= 0.6 is 0 Å². The fourth-order valence-corrected chi connectivity index (χ4v) is 3.16. The third-order valence-corrected chi connectivity index (χ3v) is 4.56. The van der Waals surface area contributed by atoms with Crippen molar-refractivity contribution in [1.29, 1.82) is 0 Å². The highest BCUT2D eigenvalue weighted by Gasteiger charge is 2.20. The number of aromatic nitrogens is 2. The summed E-state index contributed by atoms with van der Waals surface area (Å²) >= 11 is 0. The first kappa shape index (κ1) is 16.6. The minimum Gasteiger partial charge on any atom is -0.497 e. The highest BCUT2D eigenvalue weighted by molar-refractivity contribution is 5.42. The van der Waals surface area contributed by atoms with Crippen LogP contribution in [0.15, 0.2) is 55.1 Å². The van der Waals surface area contributed by atoms with Crippen LogP contribution in [0.1, 0.15) is 11.1 Å². The largest absolute Gasteiger partial charge is 0.497 e. The number of hydrogen-bond acceptors (Lipinski definition) is 4. The molecule has 0 amide bonds. The van der Waals surface area contributed by atoms with Gasteiger partial charge in [-0.15, -0.1) is 0 Å². The third kappa shape index (κ3) is 3.41. The van der Waals surface area contributed by atoms with Crippen molar-refractivity contribution >= 4 is 0 Å². The Kier molecular flexibility index (Phi) is 4.58. The molecule has 1 aliphatic rings. The van der Waals surface area contributed by atoms with Gasteiger partial charge in [-0.3, -0.25) is 0 Å². The molecule has 0 saturated carbocycles. The van der Waals surface area contributed by atoms with Gasteiger partial charge < -0.3 is 19.4 Å². The standard InChI is InChI=1S/C20H20FN3O2/c1-25-17-3-5-20-15(10-17)9-16(12-26-20)23-11-14-2-4-19(18(21)8-14)24-7-6-22-13-24/h2-8,10,13,16,23H,9,11-12H2,1H3. The number of hydrogen-bond donors (Lipinski definition) is 1. The van der Waals surface area contributed by atoms with Crippen molar-refractivity contribution in [2.75, 3.05) is 13.7 Å². The molecule has 1 aromatic heterocycles. The molecule has 6 heteroatoms. The van der Waals surface area contributed by atoms with E-state index >= 15 is 0 Å². The number of nitrogens with zero attached hydrogens (tertiary/aromatic N) is 2. The van der Waals surface area contributed by atoms with Crippen molar-refractivity contribution in [2.45, 2.75) is 19.0 Å². The number of methoxy groups -OCH3 is 1. The van der Waals surface area contributed by atoms with Crippen molar-refractivity contribution in [3.05, 3.63) is 72.1 Å². The summed E-state index contributed by atoms with van der Waals surface area (Å²) in [5.74, 6) is 1.46. The zero-order valence-corrected chi connectivity index (χ0v) is 14.5. The number of rotatable bonds is 5. The normalized spacial score (nSPS) is 16.0. The molecule has 26 heavy (non-hydrogen) atoms. The van der Waals surface area contributed by atoms with Gasteiger partial charge in [0.25, 0.3) is 0 Å². The molecule has 1 unspecified atom stereocenters. The van der Waals surface area contributed by atoms with E-state index in [1.165, 1.54) is 0 Å². The Bertz CT molecular complexity index is 896. The highest BCUT2D eigenvalue weighted by Crippen LogP contribution is 2.28. The van der Waals surface area contributed by atoms with Crippen molar-refractivity contribution < 1.29 is 13.9 Å². The molecule has 5 nitrogen and oxygen atoms in total. The van der Waals surface area contributed by atoms with E-state index < -0.39 is 0 Å². The van der Waals surface area contributed by atoms with E-state index in [1.807, 2.05) is 24.3 Å². The van der Waals surface area contributed by atoms with Crippen LogP contribution in [-0.2, 0) is 13.0 Å². The van der Waals surface area contributed by atoms with Crippen molar-refractivity contribution in [3.8, 4) is 17.2 Å². The maximum atomic E-state index is 14.3. The van der Waals surface area contributed by atoms with Gasteiger partial charge in [0, 0.05) is 25.0 Å². The summed E-state index contributed by atoms with van der Waals surface area (Å²) in [6.07, 6.45) is 5.79. The van der Waals surface area contributed by atoms with Gasteiger partial charge >= 0.3 is 0 Å². The van der Waals surface area contributed by atoms with Crippen LogP contribution in [0.25, 0.3) is 5.69 Å². The quantitative estimate of drug-likeness (QED) is 0.766. The van der Waals surface area contributed by atoms with Gasteiger partial charge in [-0.05, 0) is 47.9 Å². The number of halogens is 1. The third-order valence-electron chi connectivity index (χ3n) is 4.56. The van der Waals surface area contributed by atoms with E-state index in [4.69, 9.17) is 9.47 Å². The lowest BCUT2D eigenvalue weighted by Gasteiger charge is -2.26. The van der Waals surface area contributed by atoms with Crippen LogP contribution in [0, 0.1) is 5.82 Å². The molecule has 1 aliphatic heterocycles. The Morgan fingerprint density at radius 1 is 1.31 bits per heavy atom. The number of benzene rings is 2. The molecule has 3 aromatic rings. The fraction of sp³-hybridized carbons (Fsp3) is 0.250. The topological polar surface area (TPSA) is 48.3 Å². The van der Waals surface area contributed by atoms with Crippen LogP contribution in [-0.4, -0.2) is 29.3 Å². The zero-order valence-electron chi connectivity index (χ0n) is 14.5. The SMILES string of the molecule is COc1ccc2c(c1)CC(NCc1ccc(-n3ccnc3)c(F)c1)CO2. The molecule has 2 heterocycles. The van der Waals surface area contributed by atoms with Crippen molar-refractivity contribution in [3.63, 3.8) is 0 Å². The van der Waals surface area contributed by atoms with Crippen LogP contribution in [0.4, 0.5) is 4.39 Å². The molecule has 4 rings (SSSR count). The minimum atomic E-state index is -0.266. The van der Waals surface area contributed by atoms with Gasteiger partial charge in [0.1, 0.15) is 23.9 Å². The first-order chi connectivity index (χ1) is 12.7. The minimum absolute atomic E-state index is 0.172. The molecule has 0 radical (unpaired) electrons. The molecule has 0 aliphatic carbocycles. The van der Waals surface area contributed by atoms with E-state index in [-0.39, 0.29) is 11.9 Å². The first-order valence-corrected chi connectivity index (χ1v) is 8.53. The van der Waals surface area contributed by atoms with Crippen LogP contribution < -0.4 is 14.8 Å². The van der Waals surface area contributed by atoms with E-state index in [9.17, 15) is 4.39 Å². The predicted octanol–water partition coefficient (Wildman–Crippen LogP) is 3.11. The van der Waals surface area contributed by atoms with E-state index in [0.717, 1.165) is 29.0 Å². The maximum Gasteiger partial charge on any atom is 0.147 e. The molecular formula is C20H20FN3O2. The Balaban J connectivity index is 1.41. The summed E-state index contributed by atoms with van der Waals surface area (Å²) in [6, 6.07) is 11.3. The van der Waals surface area contributed by atoms with Crippen LogP contribution in [0.2, 0.25) is 0 Å². The Labute approximate surface area is 151 Å². The first-order valence-electron chi connectivity index (χ1n) is 8.53. The van der Waals surface area contributed by atoms with E-state index in [2.05, 4.69) is 10.3 Å². The second kappa shape index (κ2) is 7.17. The lowest BCUT2D eigenvalue weighted by molar-refractivity contribution is 0.237. The predicted molar refractivity (Wildman–Crippen MR) is 96.3 cm³/mol. The van der Waals surface area contributed by atoms with Gasteiger partial charge in [0.15, 0.2) is 0 Å². The summed E-state index contributed by atoms with van der Waals surface area (Å²) in [6.45, 7) is 1.17. The average molecular weight is 353 g/mol. The summed E-state index contributed by atoms with van der Waals surface area (Å²) in [5, 5.41) is 3.45. The number of fused-ring (bicyclic) bond motifs is 1. The molecule has 0 spiro atoms. The van der Waals surface area contributed by atoms with Gasteiger partial charge in [-0.25, -0.2) is 9.37 Å². The second-order valence-corrected chi connectivity index (χ2v) is 6.32. The van der Waals surface area contributed by atoms with E-state index in [1.54, 1.807) is 42.5 Å². The van der Waals surface area contributed by atoms with Gasteiger partial charge in [0.2, 0.25) is 0 Å². The number of imidazole rings is 1. The average Bonchev–Trinajstić information content (AvgIpc) is 3.20. The summed E-state index contributed by atoms with van der Waals surface area (Å²) in [7, 11) is 1.66. The molecule has 134 valence electrons. The molecule has 1 atom stereocenters. The molecule has 1 N–H and O–H groups in total. The molecule has 0 bridgehead atoms. The molecule has 0 saturated heterocycles. The van der Waals surface area contributed by atoms with Gasteiger partial charge in [0.05, 0.1) is 19.1 Å². The smallest absolute Gasteiger partial charge is 0.147 e. The summed E-state index contributed by atoms with van der Waals surface area (Å²) in [5.41, 5.74) is 2.51. The van der Waals surface area contributed by atoms with Crippen molar-refractivity contribution in [1.82, 2.24) is 14.9 Å². The molecular weight excluding hydrogens is 333 g/mol. The Morgan fingerprint density at radius 3 is 3.00 bits per heavy atom. The Morgan fingerprint density at radius 2 is 2.23 bits per heavy atom. The lowest BCUT2D eigenvalue weighted by Crippen LogP contribution is -2.38. The van der Waals surface area contributed by atoms with Crippen LogP contribution in [0.3, 0.4) is 0 Å². The molecule has 2 aromatic carbocycles. The van der Waals surface area contributed by atoms with Gasteiger partial charge in [-0.2, -0.15) is 0 Å². The molecule has 0 fully saturated rings. The van der Waals surface area contributed by atoms with Crippen LogP contribution in [0.5, 0.6) is 11.5 Å². The number of nitrogens with one attached hydrogen (secondary N) is 1. The number of ether oxygens (including phenoxy) is 2. The maximum absolute atomic E-state index is 14.3. The Hall–Kier alpha value is -2.86. The summed E-state index contributed by atoms with van der Waals surface area (Å²) < 4.78 is 27.1. The highest BCUT2D eigenvalue weighted by atomic mass is 19.1. The van der Waals surface area contributed by atoms with Gasteiger partial charge in [-0.1, -0.05) is 6.07 Å². The zero-order chi connectivity index (χ0) is 17.9. The van der Waals surface area contributed by atoms with E-state index in [0.29, 0.717) is 18.8 Å². The monoisotopic (exact) mass is 353 g/mol. The lowest BCUT2D eigenvalue weighted by atomic mass is 10.0. The fourth-order valence-electron chi connectivity index (χ4n) is 3.16. The second-order valence-electron chi connectivity index (χ2n) is 6.32. The van der Waals surface area contributed by atoms with Crippen molar-refractivity contribution in [2.24, 2.45) is 0 Å². The summed E-state index contributed by atoms with van der Waals surface area (Å²) in [4.78, 5) is 3.95.